The van der Waals surface area contributed by atoms with Crippen LogP contribution >= 0.6 is 12.4 Å². The van der Waals surface area contributed by atoms with Crippen LogP contribution in [0, 0.1) is 24.0 Å². The van der Waals surface area contributed by atoms with Gasteiger partial charge in [-0.15, -0.1) is 12.4 Å². The van der Waals surface area contributed by atoms with Crippen molar-refractivity contribution in [1.29, 1.82) is 0 Å². The number of nitro benzene ring substituents is 1. The minimum absolute atomic E-state index is 0. The van der Waals surface area contributed by atoms with Gasteiger partial charge in [-0.05, 0) is 31.0 Å². The van der Waals surface area contributed by atoms with E-state index in [4.69, 9.17) is 0 Å². The molecule has 1 N–H and O–H groups in total. The molecule has 0 bridgehead atoms. The first-order chi connectivity index (χ1) is 9.34. The van der Waals surface area contributed by atoms with E-state index in [1.807, 2.05) is 0 Å². The van der Waals surface area contributed by atoms with E-state index in [-0.39, 0.29) is 23.0 Å². The number of piperazine rings is 1. The standard InChI is InChI=1S/C12H17N3O4S.ClH/c1-9-7-11(15(16)17)12(8-10(9)2)20(18,19)14-5-3-13-4-6-14;/h7-8,13H,3-6H2,1-2H3;1H. The highest BCUT2D eigenvalue weighted by Gasteiger charge is 2.32. The predicted octanol–water partition coefficient (Wildman–Crippen LogP) is 1.23. The van der Waals surface area contributed by atoms with Crippen LogP contribution in [0.25, 0.3) is 0 Å². The van der Waals surface area contributed by atoms with Gasteiger partial charge in [0, 0.05) is 32.2 Å². The zero-order valence-electron chi connectivity index (χ0n) is 11.8. The molecule has 1 aromatic rings. The summed E-state index contributed by atoms with van der Waals surface area (Å²) >= 11 is 0. The third kappa shape index (κ3) is 3.52. The molecule has 1 aromatic carbocycles. The lowest BCUT2D eigenvalue weighted by molar-refractivity contribution is -0.387. The molecule has 1 aliphatic heterocycles. The van der Waals surface area contributed by atoms with E-state index >= 15 is 0 Å². The average molecular weight is 336 g/mol. The van der Waals surface area contributed by atoms with Crippen LogP contribution in [-0.2, 0) is 10.0 Å². The van der Waals surface area contributed by atoms with Crippen LogP contribution in [0.1, 0.15) is 11.1 Å². The largest absolute Gasteiger partial charge is 0.314 e. The summed E-state index contributed by atoms with van der Waals surface area (Å²) in [6, 6.07) is 2.72. The van der Waals surface area contributed by atoms with Gasteiger partial charge >= 0.3 is 0 Å². The highest BCUT2D eigenvalue weighted by Crippen LogP contribution is 2.29. The van der Waals surface area contributed by atoms with Crippen molar-refractivity contribution in [2.45, 2.75) is 18.7 Å². The zero-order chi connectivity index (χ0) is 14.9. The Kier molecular flexibility index (Phi) is 5.68. The Morgan fingerprint density at radius 3 is 2.24 bits per heavy atom. The Hall–Kier alpha value is -1.22. The SMILES string of the molecule is Cc1cc([N+](=O)[O-])c(S(=O)(=O)N2CCNCC2)cc1C.Cl. The second kappa shape index (κ2) is 6.69. The summed E-state index contributed by atoms with van der Waals surface area (Å²) in [7, 11) is -3.83. The van der Waals surface area contributed by atoms with Gasteiger partial charge in [-0.25, -0.2) is 8.42 Å². The fourth-order valence-corrected chi connectivity index (χ4v) is 3.81. The topological polar surface area (TPSA) is 92.5 Å². The van der Waals surface area contributed by atoms with Crippen LogP contribution in [0.15, 0.2) is 17.0 Å². The van der Waals surface area contributed by atoms with E-state index in [1.165, 1.54) is 16.4 Å². The summed E-state index contributed by atoms with van der Waals surface area (Å²) in [5.41, 5.74) is 1.08. The van der Waals surface area contributed by atoms with E-state index < -0.39 is 14.9 Å². The Morgan fingerprint density at radius 1 is 1.19 bits per heavy atom. The number of nitro groups is 1. The third-order valence-corrected chi connectivity index (χ3v) is 5.39. The first kappa shape index (κ1) is 17.8. The highest BCUT2D eigenvalue weighted by molar-refractivity contribution is 7.89. The maximum Gasteiger partial charge on any atom is 0.289 e. The number of halogens is 1. The van der Waals surface area contributed by atoms with Crippen LogP contribution in [-0.4, -0.2) is 43.8 Å². The second-order valence-corrected chi connectivity index (χ2v) is 6.72. The molecule has 1 saturated heterocycles. The minimum atomic E-state index is -3.83. The molecule has 1 aliphatic rings. The van der Waals surface area contributed by atoms with Gasteiger partial charge in [-0.3, -0.25) is 10.1 Å². The first-order valence-electron chi connectivity index (χ1n) is 6.30. The molecule has 21 heavy (non-hydrogen) atoms. The highest BCUT2D eigenvalue weighted by atomic mass is 35.5. The summed E-state index contributed by atoms with van der Waals surface area (Å²) in [6.07, 6.45) is 0. The fourth-order valence-electron chi connectivity index (χ4n) is 2.15. The minimum Gasteiger partial charge on any atom is -0.314 e. The molecular weight excluding hydrogens is 318 g/mol. The molecule has 1 heterocycles. The van der Waals surface area contributed by atoms with Crippen LogP contribution in [0.2, 0.25) is 0 Å². The number of nitrogens with zero attached hydrogens (tertiary/aromatic N) is 2. The molecule has 118 valence electrons. The van der Waals surface area contributed by atoms with Crippen molar-refractivity contribution in [3.05, 3.63) is 33.4 Å². The number of nitrogens with one attached hydrogen (secondary N) is 1. The van der Waals surface area contributed by atoms with Crippen molar-refractivity contribution in [3.8, 4) is 0 Å². The van der Waals surface area contributed by atoms with Crippen molar-refractivity contribution in [1.82, 2.24) is 9.62 Å². The Labute approximate surface area is 129 Å². The quantitative estimate of drug-likeness (QED) is 0.662. The molecule has 0 amide bonds. The molecule has 0 spiro atoms. The van der Waals surface area contributed by atoms with Gasteiger partial charge in [0.2, 0.25) is 10.0 Å². The maximum absolute atomic E-state index is 12.6. The van der Waals surface area contributed by atoms with Crippen LogP contribution < -0.4 is 5.32 Å². The summed E-state index contributed by atoms with van der Waals surface area (Å²) in [6.45, 7) is 5.23. The van der Waals surface area contributed by atoms with Crippen molar-refractivity contribution < 1.29 is 13.3 Å². The summed E-state index contributed by atoms with van der Waals surface area (Å²) < 4.78 is 26.4. The van der Waals surface area contributed by atoms with Gasteiger partial charge in [-0.1, -0.05) is 0 Å². The van der Waals surface area contributed by atoms with E-state index in [1.54, 1.807) is 13.8 Å². The van der Waals surface area contributed by atoms with Crippen molar-refractivity contribution in [2.24, 2.45) is 0 Å². The Balaban J connectivity index is 0.00000220. The Morgan fingerprint density at radius 2 is 1.71 bits per heavy atom. The van der Waals surface area contributed by atoms with Gasteiger partial charge in [0.25, 0.3) is 5.69 Å². The average Bonchev–Trinajstić information content (AvgIpc) is 2.42. The number of rotatable bonds is 3. The van der Waals surface area contributed by atoms with Gasteiger partial charge < -0.3 is 5.32 Å². The zero-order valence-corrected chi connectivity index (χ0v) is 13.5. The molecule has 0 aromatic heterocycles. The van der Waals surface area contributed by atoms with Gasteiger partial charge in [0.15, 0.2) is 4.90 Å². The number of sulfonamides is 1. The summed E-state index contributed by atoms with van der Waals surface area (Å²) in [5.74, 6) is 0. The van der Waals surface area contributed by atoms with E-state index in [2.05, 4.69) is 5.32 Å². The fraction of sp³-hybridized carbons (Fsp3) is 0.500. The third-order valence-electron chi connectivity index (χ3n) is 3.47. The van der Waals surface area contributed by atoms with Gasteiger partial charge in [0.1, 0.15) is 0 Å². The Bertz CT molecular complexity index is 642. The predicted molar refractivity (Wildman–Crippen MR) is 81.4 cm³/mol. The van der Waals surface area contributed by atoms with Crippen LogP contribution in [0.5, 0.6) is 0 Å². The molecule has 0 radical (unpaired) electrons. The van der Waals surface area contributed by atoms with Gasteiger partial charge in [0.05, 0.1) is 4.92 Å². The summed E-state index contributed by atoms with van der Waals surface area (Å²) in [5, 5.41) is 14.2. The number of benzene rings is 1. The lowest BCUT2D eigenvalue weighted by Crippen LogP contribution is -2.46. The maximum atomic E-state index is 12.6. The van der Waals surface area contributed by atoms with E-state index in [0.717, 1.165) is 5.56 Å². The van der Waals surface area contributed by atoms with Crippen molar-refractivity contribution in [2.75, 3.05) is 26.2 Å². The molecule has 0 atom stereocenters. The van der Waals surface area contributed by atoms with E-state index in [0.29, 0.717) is 31.7 Å². The number of hydrogen-bond donors (Lipinski definition) is 1. The summed E-state index contributed by atoms with van der Waals surface area (Å²) in [4.78, 5) is 10.3. The molecular formula is C12H18ClN3O4S. The molecule has 1 fully saturated rings. The van der Waals surface area contributed by atoms with Crippen molar-refractivity contribution in [3.63, 3.8) is 0 Å². The molecule has 0 saturated carbocycles. The van der Waals surface area contributed by atoms with Gasteiger partial charge in [-0.2, -0.15) is 4.31 Å². The molecule has 0 unspecified atom stereocenters. The molecule has 7 nitrogen and oxygen atoms in total. The normalized spacial score (nSPS) is 16.3. The molecule has 9 heteroatoms. The lowest BCUT2D eigenvalue weighted by atomic mass is 10.1. The monoisotopic (exact) mass is 335 g/mol. The lowest BCUT2D eigenvalue weighted by Gasteiger charge is -2.26. The molecule has 0 aliphatic carbocycles. The van der Waals surface area contributed by atoms with E-state index in [9.17, 15) is 18.5 Å². The number of aryl methyl sites for hydroxylation is 2. The second-order valence-electron chi connectivity index (χ2n) is 4.82. The number of hydrogen-bond acceptors (Lipinski definition) is 5. The van der Waals surface area contributed by atoms with Crippen LogP contribution in [0.4, 0.5) is 5.69 Å². The molecule has 2 rings (SSSR count). The smallest absolute Gasteiger partial charge is 0.289 e. The van der Waals surface area contributed by atoms with Crippen molar-refractivity contribution >= 4 is 28.1 Å². The first-order valence-corrected chi connectivity index (χ1v) is 7.74. The van der Waals surface area contributed by atoms with Crippen LogP contribution in [0.3, 0.4) is 0 Å².